The number of imidazole rings is 1. The number of carboxylic acid groups (broad SMARTS) is 3. The van der Waals surface area contributed by atoms with E-state index in [4.69, 9.17) is 36.8 Å². The van der Waals surface area contributed by atoms with E-state index in [1.54, 1.807) is 6.07 Å². The summed E-state index contributed by atoms with van der Waals surface area (Å²) in [6.45, 7) is 5.57. The van der Waals surface area contributed by atoms with Gasteiger partial charge in [0, 0.05) is 12.0 Å². The van der Waals surface area contributed by atoms with Crippen LogP contribution in [0.2, 0.25) is 5.02 Å². The van der Waals surface area contributed by atoms with E-state index in [1.165, 1.54) is 6.07 Å². The predicted octanol–water partition coefficient (Wildman–Crippen LogP) is 6.14. The number of H-pyrrole nitrogens is 1. The number of ether oxygens (including phenoxy) is 1. The Morgan fingerprint density at radius 3 is 2.24 bits per heavy atom. The van der Waals surface area contributed by atoms with Crippen molar-refractivity contribution in [3.8, 4) is 5.75 Å². The Morgan fingerprint density at radius 1 is 1.04 bits per heavy atom. The quantitative estimate of drug-likeness (QED) is 0.0974. The van der Waals surface area contributed by atoms with Crippen LogP contribution in [0, 0.1) is 12.7 Å². The molecule has 50 heavy (non-hydrogen) atoms. The number of hydrogen-bond donors (Lipinski definition) is 7. The molecule has 5 rings (SSSR count). The zero-order chi connectivity index (χ0) is 37.3. The van der Waals surface area contributed by atoms with E-state index in [1.807, 2.05) is 32.9 Å². The lowest BCUT2D eigenvalue weighted by molar-refractivity contribution is -0.170. The minimum absolute atomic E-state index is 0.0249. The number of hydrogen-bond acceptors (Lipinski definition) is 8. The fraction of sp³-hybridized carbons (Fsp3) is 0.281. The third kappa shape index (κ3) is 8.41. The summed E-state index contributed by atoms with van der Waals surface area (Å²) >= 11 is 6.33. The van der Waals surface area contributed by atoms with Crippen LogP contribution >= 0.6 is 11.6 Å². The average molecular weight is 725 g/mol. The van der Waals surface area contributed by atoms with Crippen LogP contribution in [0.25, 0.3) is 11.0 Å². The second-order valence-electron chi connectivity index (χ2n) is 11.9. The van der Waals surface area contributed by atoms with Crippen molar-refractivity contribution in [3.05, 3.63) is 75.6 Å². The Morgan fingerprint density at radius 2 is 1.68 bits per heavy atom. The van der Waals surface area contributed by atoms with E-state index in [0.717, 1.165) is 5.56 Å². The predicted molar refractivity (Wildman–Crippen MR) is 170 cm³/mol. The molecule has 4 aromatic rings. The Labute approximate surface area is 284 Å². The van der Waals surface area contributed by atoms with Crippen LogP contribution in [0.4, 0.5) is 34.9 Å². The van der Waals surface area contributed by atoms with Gasteiger partial charge in [-0.2, -0.15) is 13.2 Å². The van der Waals surface area contributed by atoms with E-state index < -0.39 is 71.1 Å². The molecule has 0 atom stereocenters. The number of fused-ring (bicyclic) bond motifs is 3. The van der Waals surface area contributed by atoms with Crippen LogP contribution in [0.1, 0.15) is 53.7 Å². The molecule has 2 heterocycles. The number of aromatic nitrogens is 2. The van der Waals surface area contributed by atoms with Gasteiger partial charge in [-0.15, -0.1) is 0 Å². The summed E-state index contributed by atoms with van der Waals surface area (Å²) in [6, 6.07) is 8.74. The number of amides is 1. The Bertz CT molecular complexity index is 1980. The smallest absolute Gasteiger partial charge is 0.416 e. The molecule has 7 N–H and O–H groups in total. The molecule has 0 unspecified atom stereocenters. The molecule has 0 spiro atoms. The van der Waals surface area contributed by atoms with Gasteiger partial charge in [-0.05, 0) is 56.7 Å². The number of carbonyl (C=O) groups excluding carboxylic acids is 1. The molecule has 0 aliphatic carbocycles. The molecule has 1 amide bonds. The standard InChI is InChI=1S/C26H21ClF4N4O2.C6H8O7/c1-12-5-4-6-16(27)20(12)34-24-33-19-10-14(22-15(21(19)35-24)11-25(2,3)37-22)23(36)32-18-9-13(26(29,30)31)7-8-17(18)28;7-3(8)1-6(13,5(11)12)2-4(9)10/h4-10H,11H2,1-3H3,(H,32,36)(H2,33,34,35);13H,1-2H2,(H,7,8)(H,9,10)(H,11,12). The van der Waals surface area contributed by atoms with Crippen molar-refractivity contribution in [3.63, 3.8) is 0 Å². The van der Waals surface area contributed by atoms with Gasteiger partial charge >= 0.3 is 24.1 Å². The first kappa shape index (κ1) is 37.4. The van der Waals surface area contributed by atoms with Crippen LogP contribution in [-0.2, 0) is 27.0 Å². The van der Waals surface area contributed by atoms with Crippen molar-refractivity contribution < 1.29 is 61.9 Å². The highest BCUT2D eigenvalue weighted by Gasteiger charge is 2.41. The highest BCUT2D eigenvalue weighted by atomic mass is 35.5. The minimum Gasteiger partial charge on any atom is -0.486 e. The van der Waals surface area contributed by atoms with Crippen LogP contribution in [0.5, 0.6) is 5.75 Å². The third-order valence-electron chi connectivity index (χ3n) is 7.35. The largest absolute Gasteiger partial charge is 0.486 e. The summed E-state index contributed by atoms with van der Waals surface area (Å²) in [5.74, 6) is -6.21. The monoisotopic (exact) mass is 724 g/mol. The second-order valence-corrected chi connectivity index (χ2v) is 12.3. The molecule has 0 fully saturated rings. The van der Waals surface area contributed by atoms with Crippen LogP contribution in [0.15, 0.2) is 42.5 Å². The first-order valence-corrected chi connectivity index (χ1v) is 14.8. The molecule has 0 bridgehead atoms. The number of para-hydroxylation sites is 1. The maximum Gasteiger partial charge on any atom is 0.416 e. The number of anilines is 3. The average Bonchev–Trinajstić information content (AvgIpc) is 3.53. The van der Waals surface area contributed by atoms with E-state index in [0.29, 0.717) is 57.9 Å². The number of rotatable bonds is 9. The SMILES string of the molecule is Cc1cccc(Cl)c1Nc1nc2cc(C(=O)Nc3cc(C(F)(F)F)ccc3F)c3c(c2[nH]1)CC(C)(C)O3.O=C(O)CC(O)(CC(=O)O)C(=O)O. The summed E-state index contributed by atoms with van der Waals surface area (Å²) in [5.41, 5.74) is -1.77. The van der Waals surface area contributed by atoms with Crippen molar-refractivity contribution in [2.75, 3.05) is 10.6 Å². The number of alkyl halides is 3. The number of carbonyl (C=O) groups is 4. The Hall–Kier alpha value is -5.42. The number of benzene rings is 3. The number of aliphatic carboxylic acids is 3. The molecular formula is C32H29ClF4N4O9. The van der Waals surface area contributed by atoms with Crippen molar-refractivity contribution in [2.24, 2.45) is 0 Å². The summed E-state index contributed by atoms with van der Waals surface area (Å²) in [5, 5.41) is 39.7. The van der Waals surface area contributed by atoms with Crippen molar-refractivity contribution in [2.45, 2.75) is 57.4 Å². The topological polar surface area (TPSA) is 211 Å². The molecule has 1 aliphatic heterocycles. The van der Waals surface area contributed by atoms with Crippen molar-refractivity contribution >= 4 is 63.8 Å². The maximum atomic E-state index is 14.3. The first-order valence-electron chi connectivity index (χ1n) is 14.4. The molecule has 3 aromatic carbocycles. The van der Waals surface area contributed by atoms with Gasteiger partial charge < -0.3 is 40.8 Å². The Kier molecular flexibility index (Phi) is 10.3. The second kappa shape index (κ2) is 13.8. The minimum atomic E-state index is -4.70. The van der Waals surface area contributed by atoms with Crippen LogP contribution < -0.4 is 15.4 Å². The molecule has 18 heteroatoms. The summed E-state index contributed by atoms with van der Waals surface area (Å²) in [4.78, 5) is 51.5. The van der Waals surface area contributed by atoms with Gasteiger partial charge in [0.15, 0.2) is 5.60 Å². The number of carboxylic acids is 3. The zero-order valence-electron chi connectivity index (χ0n) is 26.3. The lowest BCUT2D eigenvalue weighted by atomic mass is 9.96. The number of nitrogens with zero attached hydrogens (tertiary/aromatic N) is 1. The summed E-state index contributed by atoms with van der Waals surface area (Å²) in [6.07, 6.45) is -6.55. The fourth-order valence-corrected chi connectivity index (χ4v) is 5.33. The number of halogens is 5. The van der Waals surface area contributed by atoms with Gasteiger partial charge in [0.2, 0.25) is 5.95 Å². The van der Waals surface area contributed by atoms with Crippen molar-refractivity contribution in [1.29, 1.82) is 0 Å². The third-order valence-corrected chi connectivity index (χ3v) is 7.67. The van der Waals surface area contributed by atoms with Crippen LogP contribution in [-0.4, -0.2) is 65.4 Å². The zero-order valence-corrected chi connectivity index (χ0v) is 27.1. The van der Waals surface area contributed by atoms with E-state index in [9.17, 15) is 36.7 Å². The molecule has 0 radical (unpaired) electrons. The maximum absolute atomic E-state index is 14.3. The molecule has 0 saturated heterocycles. The van der Waals surface area contributed by atoms with Gasteiger partial charge in [-0.1, -0.05) is 23.7 Å². The van der Waals surface area contributed by atoms with E-state index in [-0.39, 0.29) is 11.3 Å². The van der Waals surface area contributed by atoms with Crippen LogP contribution in [0.3, 0.4) is 0 Å². The normalized spacial score (nSPS) is 13.5. The lowest BCUT2D eigenvalue weighted by Crippen LogP contribution is -2.42. The fourth-order valence-electron chi connectivity index (χ4n) is 5.06. The van der Waals surface area contributed by atoms with E-state index in [2.05, 4.69) is 20.6 Å². The highest BCUT2D eigenvalue weighted by molar-refractivity contribution is 6.33. The first-order chi connectivity index (χ1) is 23.1. The van der Waals surface area contributed by atoms with Crippen molar-refractivity contribution in [1.82, 2.24) is 9.97 Å². The molecular weight excluding hydrogens is 696 g/mol. The van der Waals surface area contributed by atoms with E-state index >= 15 is 0 Å². The van der Waals surface area contributed by atoms with Gasteiger partial charge in [0.25, 0.3) is 5.91 Å². The number of nitrogens with one attached hydrogen (secondary N) is 3. The van der Waals surface area contributed by atoms with Gasteiger partial charge in [0.1, 0.15) is 17.2 Å². The molecule has 1 aliphatic rings. The van der Waals surface area contributed by atoms with Gasteiger partial charge in [0.05, 0.1) is 51.4 Å². The number of aliphatic hydroxyl groups is 1. The molecule has 266 valence electrons. The Balaban J connectivity index is 0.000000369. The van der Waals surface area contributed by atoms with Gasteiger partial charge in [-0.3, -0.25) is 14.4 Å². The number of aromatic amines is 1. The molecule has 13 nitrogen and oxygen atoms in total. The highest BCUT2D eigenvalue weighted by Crippen LogP contribution is 2.43. The summed E-state index contributed by atoms with van der Waals surface area (Å²) in [7, 11) is 0. The lowest BCUT2D eigenvalue weighted by Gasteiger charge is -2.18. The number of aryl methyl sites for hydroxylation is 1. The van der Waals surface area contributed by atoms with Gasteiger partial charge in [-0.25, -0.2) is 14.2 Å². The summed E-state index contributed by atoms with van der Waals surface area (Å²) < 4.78 is 59.7. The molecule has 0 saturated carbocycles. The molecule has 1 aromatic heterocycles.